The number of phenolic OH excluding ortho intramolecular Hbond substituents is 1. The van der Waals surface area contributed by atoms with Gasteiger partial charge >= 0.3 is 0 Å². The fourth-order valence-electron chi connectivity index (χ4n) is 5.21. The van der Waals surface area contributed by atoms with Gasteiger partial charge in [0.1, 0.15) is 11.5 Å². The molecule has 0 aliphatic carbocycles. The molecular formula is C28H28ClN5O4S2. The highest BCUT2D eigenvalue weighted by Crippen LogP contribution is 2.45. The molecule has 2 aromatic carbocycles. The van der Waals surface area contributed by atoms with Gasteiger partial charge in [-0.2, -0.15) is 0 Å². The van der Waals surface area contributed by atoms with Crippen molar-refractivity contribution >= 4 is 50.3 Å². The second-order valence-electron chi connectivity index (χ2n) is 9.55. The maximum Gasteiger partial charge on any atom is 0.229 e. The molecule has 12 heteroatoms. The molecule has 9 nitrogen and oxygen atoms in total. The predicted octanol–water partition coefficient (Wildman–Crippen LogP) is 5.41. The van der Waals surface area contributed by atoms with E-state index in [0.717, 1.165) is 28.9 Å². The van der Waals surface area contributed by atoms with Gasteiger partial charge in [0.15, 0.2) is 5.11 Å². The van der Waals surface area contributed by atoms with E-state index in [9.17, 15) is 13.5 Å². The number of nitrogens with zero attached hydrogens (tertiary/aromatic N) is 3. The van der Waals surface area contributed by atoms with Crippen LogP contribution in [0.2, 0.25) is 5.02 Å². The third kappa shape index (κ3) is 5.19. The number of rotatable bonds is 7. The Morgan fingerprint density at radius 1 is 1.12 bits per heavy atom. The maximum absolute atomic E-state index is 12.1. The second kappa shape index (κ2) is 10.6. The number of sulfonamides is 1. The molecule has 1 fully saturated rings. The largest absolute Gasteiger partial charge is 0.506 e. The summed E-state index contributed by atoms with van der Waals surface area (Å²) in [6, 6.07) is 17.2. The Morgan fingerprint density at radius 3 is 2.58 bits per heavy atom. The number of methoxy groups -OCH3 is 1. The van der Waals surface area contributed by atoms with Crippen LogP contribution in [0, 0.1) is 13.8 Å². The van der Waals surface area contributed by atoms with Crippen molar-refractivity contribution in [1.82, 2.24) is 14.9 Å². The average molecular weight is 598 g/mol. The molecule has 0 spiro atoms. The van der Waals surface area contributed by atoms with Crippen LogP contribution >= 0.6 is 23.8 Å². The zero-order valence-corrected chi connectivity index (χ0v) is 24.6. The van der Waals surface area contributed by atoms with E-state index >= 15 is 0 Å². The fraction of sp³-hybridized carbons (Fsp3) is 0.214. The number of halogens is 1. The van der Waals surface area contributed by atoms with Crippen LogP contribution in [0.25, 0.3) is 5.69 Å². The first-order chi connectivity index (χ1) is 19.0. The van der Waals surface area contributed by atoms with Gasteiger partial charge in [-0.15, -0.1) is 0 Å². The summed E-state index contributed by atoms with van der Waals surface area (Å²) in [6.45, 7) is 3.93. The minimum atomic E-state index is -3.58. The zero-order valence-electron chi connectivity index (χ0n) is 22.2. The van der Waals surface area contributed by atoms with Gasteiger partial charge in [-0.3, -0.25) is 9.71 Å². The van der Waals surface area contributed by atoms with E-state index in [4.69, 9.17) is 28.6 Å². The number of ether oxygens (including phenoxy) is 1. The topological polar surface area (TPSA) is 109 Å². The van der Waals surface area contributed by atoms with Crippen LogP contribution in [0.1, 0.15) is 34.7 Å². The molecule has 4 aromatic rings. The molecule has 0 amide bonds. The molecule has 3 N–H and O–H groups in total. The van der Waals surface area contributed by atoms with Crippen LogP contribution in [0.15, 0.2) is 66.9 Å². The molecule has 208 valence electrons. The summed E-state index contributed by atoms with van der Waals surface area (Å²) < 4.78 is 34.1. The quantitative estimate of drug-likeness (QED) is 0.243. The van der Waals surface area contributed by atoms with Crippen LogP contribution in [-0.4, -0.2) is 41.6 Å². The SMILES string of the molecule is COc1ccc(N2C(=S)N[C@@H](c3ccccn3)[C@@H]2c2cc(C)n(-c3cc(Cl)ccc3O)c2C)cc1NS(C)(=O)=O. The highest BCUT2D eigenvalue weighted by Gasteiger charge is 2.42. The van der Waals surface area contributed by atoms with Gasteiger partial charge in [-0.25, -0.2) is 8.42 Å². The van der Waals surface area contributed by atoms with Crippen LogP contribution in [0.3, 0.4) is 0 Å². The van der Waals surface area contributed by atoms with Gasteiger partial charge < -0.3 is 24.6 Å². The standard InChI is InChI=1S/C28H28ClN5O4S2/c1-16-13-20(17(2)33(16)23-14-18(29)8-10-24(23)35)27-26(21-7-5-6-12-30-21)31-28(39)34(27)19-9-11-25(38-3)22(15-19)32-40(4,36)37/h5-15,26-27,32,35H,1-4H3,(H,31,39)/t26-,27-/m0/s1. The number of phenols is 1. The molecule has 2 atom stereocenters. The first-order valence-corrected chi connectivity index (χ1v) is 15.0. The second-order valence-corrected chi connectivity index (χ2v) is 12.1. The van der Waals surface area contributed by atoms with Crippen molar-refractivity contribution in [1.29, 1.82) is 0 Å². The summed E-state index contributed by atoms with van der Waals surface area (Å²) in [5, 5.41) is 15.1. The molecular weight excluding hydrogens is 570 g/mol. The van der Waals surface area contributed by atoms with Crippen molar-refractivity contribution in [3.05, 3.63) is 94.5 Å². The predicted molar refractivity (Wildman–Crippen MR) is 161 cm³/mol. The number of hydrogen-bond acceptors (Lipinski definition) is 6. The number of pyridine rings is 1. The smallest absolute Gasteiger partial charge is 0.229 e. The number of aromatic nitrogens is 2. The molecule has 40 heavy (non-hydrogen) atoms. The van der Waals surface area contributed by atoms with E-state index < -0.39 is 10.0 Å². The number of anilines is 2. The number of nitrogens with one attached hydrogen (secondary N) is 2. The molecule has 1 aliphatic heterocycles. The molecule has 2 aromatic heterocycles. The van der Waals surface area contributed by atoms with Crippen LogP contribution in [-0.2, 0) is 10.0 Å². The molecule has 0 saturated carbocycles. The molecule has 5 rings (SSSR count). The van der Waals surface area contributed by atoms with E-state index in [-0.39, 0.29) is 17.8 Å². The van der Waals surface area contributed by atoms with Crippen LogP contribution < -0.4 is 19.7 Å². The minimum absolute atomic E-state index is 0.0996. The summed E-state index contributed by atoms with van der Waals surface area (Å²) in [6.07, 6.45) is 2.82. The molecule has 1 aliphatic rings. The maximum atomic E-state index is 12.1. The summed E-state index contributed by atoms with van der Waals surface area (Å²) in [4.78, 5) is 6.56. The summed E-state index contributed by atoms with van der Waals surface area (Å²) in [7, 11) is -2.10. The zero-order chi connectivity index (χ0) is 28.8. The lowest BCUT2D eigenvalue weighted by atomic mass is 9.96. The van der Waals surface area contributed by atoms with Crippen LogP contribution in [0.5, 0.6) is 11.5 Å². The molecule has 1 saturated heterocycles. The van der Waals surface area contributed by atoms with E-state index in [1.807, 2.05) is 47.6 Å². The summed E-state index contributed by atoms with van der Waals surface area (Å²) in [5.41, 5.74) is 5.00. The lowest BCUT2D eigenvalue weighted by Gasteiger charge is -2.29. The fourth-order valence-corrected chi connectivity index (χ4v) is 6.28. The Labute approximate surface area is 243 Å². The lowest BCUT2D eigenvalue weighted by molar-refractivity contribution is 0.417. The lowest BCUT2D eigenvalue weighted by Crippen LogP contribution is -2.29. The highest BCUT2D eigenvalue weighted by atomic mass is 35.5. The number of benzene rings is 2. The van der Waals surface area contributed by atoms with E-state index in [0.29, 0.717) is 32.9 Å². The molecule has 0 unspecified atom stereocenters. The molecule has 0 radical (unpaired) electrons. The van der Waals surface area contributed by atoms with Gasteiger partial charge in [-0.05, 0) is 86.2 Å². The highest BCUT2D eigenvalue weighted by molar-refractivity contribution is 7.92. The van der Waals surface area contributed by atoms with Crippen molar-refractivity contribution in [2.45, 2.75) is 25.9 Å². The van der Waals surface area contributed by atoms with Crippen molar-refractivity contribution in [2.24, 2.45) is 0 Å². The Morgan fingerprint density at radius 2 is 1.90 bits per heavy atom. The summed E-state index contributed by atoms with van der Waals surface area (Å²) >= 11 is 12.1. The average Bonchev–Trinajstić information content (AvgIpc) is 3.40. The Bertz CT molecular complexity index is 1710. The van der Waals surface area contributed by atoms with Crippen molar-refractivity contribution in [3.8, 4) is 17.2 Å². The minimum Gasteiger partial charge on any atom is -0.506 e. The van der Waals surface area contributed by atoms with Crippen LogP contribution in [0.4, 0.5) is 11.4 Å². The number of aryl methyl sites for hydroxylation is 1. The molecule has 3 heterocycles. The normalized spacial score (nSPS) is 17.1. The molecule has 0 bridgehead atoms. The van der Waals surface area contributed by atoms with Gasteiger partial charge in [0.25, 0.3) is 0 Å². The van der Waals surface area contributed by atoms with Gasteiger partial charge in [0.05, 0.1) is 42.5 Å². The van der Waals surface area contributed by atoms with Gasteiger partial charge in [0, 0.05) is 28.3 Å². The van der Waals surface area contributed by atoms with Gasteiger partial charge in [0.2, 0.25) is 10.0 Å². The monoisotopic (exact) mass is 597 g/mol. The number of aromatic hydroxyl groups is 1. The number of thiocarbonyl (C=S) groups is 1. The number of hydrogen-bond donors (Lipinski definition) is 3. The van der Waals surface area contributed by atoms with E-state index in [1.54, 1.807) is 36.5 Å². The Hall–Kier alpha value is -3.80. The Balaban J connectivity index is 1.70. The van der Waals surface area contributed by atoms with Crippen molar-refractivity contribution < 1.29 is 18.3 Å². The summed E-state index contributed by atoms with van der Waals surface area (Å²) in [5.74, 6) is 0.474. The Kier molecular flexibility index (Phi) is 7.38. The van der Waals surface area contributed by atoms with Gasteiger partial charge in [-0.1, -0.05) is 17.7 Å². The third-order valence-corrected chi connectivity index (χ3v) is 7.96. The van der Waals surface area contributed by atoms with E-state index in [1.165, 1.54) is 7.11 Å². The van der Waals surface area contributed by atoms with E-state index in [2.05, 4.69) is 21.1 Å². The third-order valence-electron chi connectivity index (χ3n) is 6.82. The van der Waals surface area contributed by atoms with Crippen molar-refractivity contribution in [2.75, 3.05) is 23.0 Å². The first kappa shape index (κ1) is 27.8. The van der Waals surface area contributed by atoms with Crippen molar-refractivity contribution in [3.63, 3.8) is 0 Å². The first-order valence-electron chi connectivity index (χ1n) is 12.3.